The summed E-state index contributed by atoms with van der Waals surface area (Å²) >= 11 is 0. The van der Waals surface area contributed by atoms with E-state index in [9.17, 15) is 43.8 Å². The monoisotopic (exact) mass is 955 g/mol. The van der Waals surface area contributed by atoms with Crippen molar-refractivity contribution in [2.24, 2.45) is 0 Å². The number of unbranched alkanes of at least 4 members (excludes halogenated alkanes) is 21. The number of carbonyl (C=O) groups is 2. The molecule has 0 spiro atoms. The maximum atomic E-state index is 12.2. The molecule has 0 radical (unpaired) electrons. The summed E-state index contributed by atoms with van der Waals surface area (Å²) in [5.41, 5.74) is 0. The van der Waals surface area contributed by atoms with Crippen molar-refractivity contribution in [1.29, 1.82) is 0 Å². The number of phosphoric ester groups is 2. The molecular formula is C47H88O15P2. The summed E-state index contributed by atoms with van der Waals surface area (Å²) in [6, 6.07) is 0. The zero-order valence-electron chi connectivity index (χ0n) is 39.5. The number of esters is 2. The Kier molecular flexibility index (Phi) is 42.6. The highest BCUT2D eigenvalue weighted by atomic mass is 31.2. The minimum Gasteiger partial charge on any atom is -0.463 e. The van der Waals surface area contributed by atoms with Crippen LogP contribution in [0.1, 0.15) is 194 Å². The highest BCUT2D eigenvalue weighted by Gasteiger charge is 2.28. The fourth-order valence-corrected chi connectivity index (χ4v) is 7.87. The molecule has 0 aliphatic rings. The fraction of sp³-hybridized carbons (Fsp3) is 0.830. The van der Waals surface area contributed by atoms with E-state index in [0.717, 1.165) is 64.2 Å². The maximum absolute atomic E-state index is 12.2. The predicted octanol–water partition coefficient (Wildman–Crippen LogP) is 11.1. The van der Waals surface area contributed by atoms with Crippen molar-refractivity contribution < 1.29 is 71.4 Å². The van der Waals surface area contributed by atoms with Gasteiger partial charge in [-0.25, -0.2) is 9.13 Å². The number of aliphatic hydroxyl groups is 3. The summed E-state index contributed by atoms with van der Waals surface area (Å²) in [6.07, 6.45) is 38.4. The smallest absolute Gasteiger partial charge is 0.463 e. The zero-order chi connectivity index (χ0) is 47.4. The van der Waals surface area contributed by atoms with Gasteiger partial charge >= 0.3 is 27.6 Å². The number of aliphatic hydroxyl groups excluding tert-OH is 3. The minimum atomic E-state index is -4.79. The first kappa shape index (κ1) is 62.3. The van der Waals surface area contributed by atoms with E-state index in [1.54, 1.807) is 0 Å². The van der Waals surface area contributed by atoms with Gasteiger partial charge in [0.25, 0.3) is 0 Å². The van der Waals surface area contributed by atoms with Gasteiger partial charge in [-0.2, -0.15) is 0 Å². The number of hydrogen-bond donors (Lipinski definition) is 5. The topological polar surface area (TPSA) is 225 Å². The van der Waals surface area contributed by atoms with Crippen LogP contribution in [0.15, 0.2) is 36.5 Å². The molecule has 0 aromatic carbocycles. The van der Waals surface area contributed by atoms with Gasteiger partial charge in [0.1, 0.15) is 31.5 Å². The lowest BCUT2D eigenvalue weighted by molar-refractivity contribution is -0.148. The Bertz CT molecular complexity index is 1290. The quantitative estimate of drug-likeness (QED) is 0.0166. The second-order valence-corrected chi connectivity index (χ2v) is 19.4. The van der Waals surface area contributed by atoms with E-state index in [0.29, 0.717) is 12.8 Å². The SMILES string of the molecule is CCCCC/C=C\C/C=C\C/C=C\CCCCCCC(=O)OCC(O)COP(=O)(O)OCC(O)COP(=O)(O)OCC(O)COC(=O)CCCCCCCCCCCCCCCCC. The third-order valence-corrected chi connectivity index (χ3v) is 12.0. The van der Waals surface area contributed by atoms with Crippen LogP contribution in [0, 0.1) is 0 Å². The van der Waals surface area contributed by atoms with E-state index in [1.807, 2.05) is 0 Å². The molecular weight excluding hydrogens is 866 g/mol. The molecule has 0 aromatic rings. The number of phosphoric acid groups is 2. The standard InChI is InChI=1S/C47H88O15P2/c1-3-5-7-9-11-13-15-17-19-20-22-24-26-28-30-32-34-36-47(52)58-38-44(49)40-60-64(55,56)62-42-45(50)41-61-63(53,54)59-39-43(48)37-57-46(51)35-33-31-29-27-25-23-21-18-16-14-12-10-8-6-4-2/h11,13,17,19,22,24,43-45,48-50H,3-10,12,14-16,18,20-21,23,25-42H2,1-2H3,(H,53,54)(H,55,56)/b13-11-,19-17-,24-22-. The van der Waals surface area contributed by atoms with Gasteiger partial charge in [0.15, 0.2) is 0 Å². The molecule has 0 heterocycles. The second-order valence-electron chi connectivity index (χ2n) is 16.5. The molecule has 0 saturated heterocycles. The van der Waals surface area contributed by atoms with Crippen molar-refractivity contribution in [3.05, 3.63) is 36.5 Å². The van der Waals surface area contributed by atoms with E-state index in [4.69, 9.17) is 9.47 Å². The number of allylic oxidation sites excluding steroid dienone is 6. The summed E-state index contributed by atoms with van der Waals surface area (Å²) < 4.78 is 53.0. The van der Waals surface area contributed by atoms with Crippen LogP contribution in [0.4, 0.5) is 0 Å². The first-order chi connectivity index (χ1) is 30.8. The Morgan fingerprint density at radius 2 is 0.672 bits per heavy atom. The summed E-state index contributed by atoms with van der Waals surface area (Å²) in [6.45, 7) is 0.382. The van der Waals surface area contributed by atoms with Gasteiger partial charge < -0.3 is 34.6 Å². The second kappa shape index (κ2) is 43.8. The molecule has 0 rings (SSSR count). The molecule has 17 heteroatoms. The first-order valence-electron chi connectivity index (χ1n) is 24.3. The van der Waals surface area contributed by atoms with E-state index < -0.39 is 85.5 Å². The number of carbonyl (C=O) groups excluding carboxylic acids is 2. The lowest BCUT2D eigenvalue weighted by Crippen LogP contribution is -2.25. The number of rotatable bonds is 47. The Labute approximate surface area is 386 Å². The molecule has 0 bridgehead atoms. The highest BCUT2D eigenvalue weighted by molar-refractivity contribution is 7.47. The van der Waals surface area contributed by atoms with Crippen LogP contribution in [0.2, 0.25) is 0 Å². The van der Waals surface area contributed by atoms with Crippen molar-refractivity contribution in [2.45, 2.75) is 212 Å². The van der Waals surface area contributed by atoms with Crippen molar-refractivity contribution in [2.75, 3.05) is 39.6 Å². The Morgan fingerprint density at radius 1 is 0.406 bits per heavy atom. The Morgan fingerprint density at radius 3 is 1.03 bits per heavy atom. The van der Waals surface area contributed by atoms with Crippen LogP contribution < -0.4 is 0 Å². The van der Waals surface area contributed by atoms with E-state index in [-0.39, 0.29) is 12.8 Å². The van der Waals surface area contributed by atoms with Gasteiger partial charge in [-0.15, -0.1) is 0 Å². The van der Waals surface area contributed by atoms with Crippen molar-refractivity contribution in [3.8, 4) is 0 Å². The van der Waals surface area contributed by atoms with E-state index in [1.165, 1.54) is 89.9 Å². The lowest BCUT2D eigenvalue weighted by atomic mass is 10.0. The zero-order valence-corrected chi connectivity index (χ0v) is 41.2. The molecule has 0 fully saturated rings. The number of hydrogen-bond acceptors (Lipinski definition) is 13. The summed E-state index contributed by atoms with van der Waals surface area (Å²) in [4.78, 5) is 43.7. The largest absolute Gasteiger partial charge is 0.472 e. The van der Waals surface area contributed by atoms with Crippen LogP contribution in [-0.4, -0.2) is 95.0 Å². The predicted molar refractivity (Wildman–Crippen MR) is 251 cm³/mol. The van der Waals surface area contributed by atoms with Gasteiger partial charge in [-0.05, 0) is 51.4 Å². The van der Waals surface area contributed by atoms with Crippen LogP contribution in [0.5, 0.6) is 0 Å². The molecule has 15 nitrogen and oxygen atoms in total. The van der Waals surface area contributed by atoms with Gasteiger partial charge in [0, 0.05) is 12.8 Å². The molecule has 376 valence electrons. The molecule has 0 aliphatic carbocycles. The van der Waals surface area contributed by atoms with Crippen molar-refractivity contribution >= 4 is 27.6 Å². The average Bonchev–Trinajstić information content (AvgIpc) is 3.27. The van der Waals surface area contributed by atoms with Gasteiger partial charge in [-0.1, -0.05) is 166 Å². The molecule has 5 unspecified atom stereocenters. The van der Waals surface area contributed by atoms with E-state index >= 15 is 0 Å². The minimum absolute atomic E-state index is 0.171. The maximum Gasteiger partial charge on any atom is 0.472 e. The molecule has 0 aromatic heterocycles. The van der Waals surface area contributed by atoms with E-state index in [2.05, 4.69) is 68.4 Å². The molecule has 0 aliphatic heterocycles. The lowest BCUT2D eigenvalue weighted by Gasteiger charge is -2.19. The summed E-state index contributed by atoms with van der Waals surface area (Å²) in [5, 5.41) is 30.0. The first-order valence-corrected chi connectivity index (χ1v) is 27.3. The van der Waals surface area contributed by atoms with Crippen LogP contribution in [0.25, 0.3) is 0 Å². The Hall–Kier alpha value is -1.74. The molecule has 0 saturated carbocycles. The summed E-state index contributed by atoms with van der Waals surface area (Å²) in [7, 11) is -9.57. The van der Waals surface area contributed by atoms with Gasteiger partial charge in [0.2, 0.25) is 0 Å². The van der Waals surface area contributed by atoms with Crippen molar-refractivity contribution in [3.63, 3.8) is 0 Å². The third-order valence-electron chi connectivity index (χ3n) is 10.1. The fourth-order valence-electron chi connectivity index (χ4n) is 6.28. The number of ether oxygens (including phenoxy) is 2. The molecule has 64 heavy (non-hydrogen) atoms. The third kappa shape index (κ3) is 45.4. The van der Waals surface area contributed by atoms with Gasteiger partial charge in [0.05, 0.1) is 26.4 Å². The average molecular weight is 955 g/mol. The molecule has 0 amide bonds. The van der Waals surface area contributed by atoms with Crippen LogP contribution in [0.3, 0.4) is 0 Å². The Balaban J connectivity index is 3.90. The van der Waals surface area contributed by atoms with Crippen LogP contribution >= 0.6 is 15.6 Å². The van der Waals surface area contributed by atoms with Crippen molar-refractivity contribution in [1.82, 2.24) is 0 Å². The molecule has 5 N–H and O–H groups in total. The highest BCUT2D eigenvalue weighted by Crippen LogP contribution is 2.45. The van der Waals surface area contributed by atoms with Gasteiger partial charge in [-0.3, -0.25) is 27.7 Å². The van der Waals surface area contributed by atoms with Crippen LogP contribution in [-0.2, 0) is 46.3 Å². The normalized spacial score (nSPS) is 15.4. The summed E-state index contributed by atoms with van der Waals surface area (Å²) in [5.74, 6) is -1.01. The molecule has 5 atom stereocenters.